The number of aromatic carboxylic acids is 1. The quantitative estimate of drug-likeness (QED) is 0.660. The van der Waals surface area contributed by atoms with Crippen LogP contribution in [0.25, 0.3) is 0 Å². The Morgan fingerprint density at radius 3 is 2.68 bits per heavy atom. The molecule has 25 heavy (non-hydrogen) atoms. The third-order valence-electron chi connectivity index (χ3n) is 4.31. The maximum absolute atomic E-state index is 11.0. The fraction of sp³-hybridized carbons (Fsp3) is 0.263. The zero-order chi connectivity index (χ0) is 17.8. The second-order valence-electron chi connectivity index (χ2n) is 6.09. The van der Waals surface area contributed by atoms with E-state index in [4.69, 9.17) is 11.6 Å². The van der Waals surface area contributed by atoms with Crippen LogP contribution in [-0.2, 0) is 0 Å². The Bertz CT molecular complexity index is 814. The highest BCUT2D eigenvalue weighted by Crippen LogP contribution is 2.23. The minimum Gasteiger partial charge on any atom is -0.545 e. The van der Waals surface area contributed by atoms with Crippen molar-refractivity contribution in [3.8, 4) is 0 Å². The number of hydrazone groups is 1. The van der Waals surface area contributed by atoms with Gasteiger partial charge in [0, 0.05) is 29.4 Å². The maximum Gasteiger partial charge on any atom is 0.0731 e. The molecule has 1 N–H and O–H groups in total. The number of nitrogens with zero attached hydrogens (tertiary/aromatic N) is 2. The van der Waals surface area contributed by atoms with Crippen molar-refractivity contribution in [1.29, 1.82) is 0 Å². The van der Waals surface area contributed by atoms with Crippen LogP contribution in [0.15, 0.2) is 41.5 Å². The number of aryl methyl sites for hydroxylation is 1. The van der Waals surface area contributed by atoms with E-state index < -0.39 is 5.97 Å². The molecule has 1 aliphatic heterocycles. The van der Waals surface area contributed by atoms with E-state index in [1.165, 1.54) is 30.7 Å². The number of benzene rings is 2. The molecule has 2 aromatic carbocycles. The summed E-state index contributed by atoms with van der Waals surface area (Å²) < 4.78 is 0. The first-order chi connectivity index (χ1) is 12.0. The number of carboxylic acids is 1. The number of hydrogen-bond acceptors (Lipinski definition) is 5. The number of carboxylic acid groups (broad SMARTS) is 1. The van der Waals surface area contributed by atoms with Gasteiger partial charge in [0.1, 0.15) is 0 Å². The molecule has 1 fully saturated rings. The van der Waals surface area contributed by atoms with Crippen LogP contribution in [0.4, 0.5) is 11.4 Å². The molecule has 1 aliphatic rings. The van der Waals surface area contributed by atoms with Crippen molar-refractivity contribution in [3.05, 3.63) is 58.1 Å². The Labute approximate surface area is 151 Å². The molecular formula is C19H19ClN3O2-. The van der Waals surface area contributed by atoms with Gasteiger partial charge in [0.2, 0.25) is 0 Å². The summed E-state index contributed by atoms with van der Waals surface area (Å²) in [6, 6.07) is 10.9. The molecule has 5 nitrogen and oxygen atoms in total. The summed E-state index contributed by atoms with van der Waals surface area (Å²) in [5, 5.41) is 15.3. The van der Waals surface area contributed by atoms with E-state index in [2.05, 4.69) is 34.5 Å². The summed E-state index contributed by atoms with van der Waals surface area (Å²) in [7, 11) is 0. The van der Waals surface area contributed by atoms with E-state index >= 15 is 0 Å². The van der Waals surface area contributed by atoms with Crippen molar-refractivity contribution in [1.82, 2.24) is 0 Å². The van der Waals surface area contributed by atoms with Gasteiger partial charge in [-0.2, -0.15) is 5.10 Å². The molecule has 0 unspecified atom stereocenters. The first-order valence-electron chi connectivity index (χ1n) is 8.20. The summed E-state index contributed by atoms with van der Waals surface area (Å²) in [4.78, 5) is 13.4. The monoisotopic (exact) mass is 356 g/mol. The Hall–Kier alpha value is -2.53. The molecule has 6 heteroatoms. The van der Waals surface area contributed by atoms with Gasteiger partial charge in [-0.25, -0.2) is 0 Å². The molecule has 3 rings (SSSR count). The number of nitrogens with one attached hydrogen (secondary N) is 1. The number of rotatable bonds is 5. The van der Waals surface area contributed by atoms with Crippen molar-refractivity contribution in [2.45, 2.75) is 19.8 Å². The predicted molar refractivity (Wildman–Crippen MR) is 99.6 cm³/mol. The van der Waals surface area contributed by atoms with Crippen LogP contribution in [0, 0.1) is 6.92 Å². The lowest BCUT2D eigenvalue weighted by atomic mass is 10.1. The van der Waals surface area contributed by atoms with Crippen molar-refractivity contribution >= 4 is 35.2 Å². The van der Waals surface area contributed by atoms with E-state index in [1.807, 2.05) is 6.07 Å². The van der Waals surface area contributed by atoms with Crippen LogP contribution in [0.1, 0.15) is 34.3 Å². The van der Waals surface area contributed by atoms with Crippen molar-refractivity contribution in [2.24, 2.45) is 5.10 Å². The first kappa shape index (κ1) is 17.3. The molecule has 0 aliphatic carbocycles. The fourth-order valence-corrected chi connectivity index (χ4v) is 3.10. The highest BCUT2D eigenvalue weighted by Gasteiger charge is 2.12. The highest BCUT2D eigenvalue weighted by molar-refractivity contribution is 6.33. The lowest BCUT2D eigenvalue weighted by Crippen LogP contribution is -2.22. The normalized spacial score (nSPS) is 14.2. The minimum absolute atomic E-state index is 0.0620. The molecule has 130 valence electrons. The molecular weight excluding hydrogens is 338 g/mol. The van der Waals surface area contributed by atoms with E-state index in [9.17, 15) is 9.90 Å². The fourth-order valence-electron chi connectivity index (χ4n) is 2.90. The summed E-state index contributed by atoms with van der Waals surface area (Å²) in [6.45, 7) is 4.29. The standard InChI is InChI=1S/C19H20ClN3O2/c1-13-10-16(23-8-2-3-9-23)6-4-14(13)12-21-22-15-5-7-18(20)17(11-15)19(24)25/h4-7,10-12,22H,2-3,8-9H2,1H3,(H,24,25)/p-1/b21-12-. The SMILES string of the molecule is Cc1cc(N2CCCC2)ccc1/C=N\Nc1ccc(Cl)c(C(=O)[O-])c1. The molecule has 2 aromatic rings. The van der Waals surface area contributed by atoms with E-state index in [-0.39, 0.29) is 10.6 Å². The Balaban J connectivity index is 1.70. The molecule has 0 bridgehead atoms. The van der Waals surface area contributed by atoms with Crippen LogP contribution in [0.3, 0.4) is 0 Å². The number of carbonyl (C=O) groups excluding carboxylic acids is 1. The minimum atomic E-state index is -1.31. The van der Waals surface area contributed by atoms with Gasteiger partial charge in [-0.1, -0.05) is 17.7 Å². The predicted octanol–water partition coefficient (Wildman–Crippen LogP) is 3.06. The Morgan fingerprint density at radius 2 is 2.00 bits per heavy atom. The summed E-state index contributed by atoms with van der Waals surface area (Å²) in [5.74, 6) is -1.31. The van der Waals surface area contributed by atoms with Crippen molar-refractivity contribution in [2.75, 3.05) is 23.4 Å². The van der Waals surface area contributed by atoms with Gasteiger partial charge in [-0.15, -0.1) is 0 Å². The zero-order valence-electron chi connectivity index (χ0n) is 14.0. The third kappa shape index (κ3) is 4.12. The summed E-state index contributed by atoms with van der Waals surface area (Å²) in [6.07, 6.45) is 4.22. The van der Waals surface area contributed by atoms with Crippen LogP contribution in [0.2, 0.25) is 5.02 Å². The number of anilines is 2. The van der Waals surface area contributed by atoms with Gasteiger partial charge in [-0.05, 0) is 61.2 Å². The first-order valence-corrected chi connectivity index (χ1v) is 8.58. The number of halogens is 1. The average molecular weight is 357 g/mol. The number of hydrogen-bond donors (Lipinski definition) is 1. The molecule has 0 aromatic heterocycles. The molecule has 0 saturated carbocycles. The Morgan fingerprint density at radius 1 is 1.24 bits per heavy atom. The molecule has 1 saturated heterocycles. The second kappa shape index (κ2) is 7.57. The zero-order valence-corrected chi connectivity index (χ0v) is 14.7. The van der Waals surface area contributed by atoms with Gasteiger partial charge in [-0.3, -0.25) is 5.43 Å². The van der Waals surface area contributed by atoms with Gasteiger partial charge in [0.05, 0.1) is 17.9 Å². The largest absolute Gasteiger partial charge is 0.545 e. The summed E-state index contributed by atoms with van der Waals surface area (Å²) in [5.41, 5.74) is 6.68. The lowest BCUT2D eigenvalue weighted by molar-refractivity contribution is -0.255. The highest BCUT2D eigenvalue weighted by atomic mass is 35.5. The van der Waals surface area contributed by atoms with Crippen LogP contribution >= 0.6 is 11.6 Å². The van der Waals surface area contributed by atoms with Gasteiger partial charge in [0.25, 0.3) is 0 Å². The van der Waals surface area contributed by atoms with Gasteiger partial charge >= 0.3 is 0 Å². The third-order valence-corrected chi connectivity index (χ3v) is 4.64. The van der Waals surface area contributed by atoms with Gasteiger partial charge in [0.15, 0.2) is 0 Å². The smallest absolute Gasteiger partial charge is 0.0731 e. The van der Waals surface area contributed by atoms with E-state index in [0.29, 0.717) is 5.69 Å². The van der Waals surface area contributed by atoms with Crippen molar-refractivity contribution in [3.63, 3.8) is 0 Å². The summed E-state index contributed by atoms with van der Waals surface area (Å²) >= 11 is 5.82. The molecule has 0 radical (unpaired) electrons. The molecule has 0 amide bonds. The van der Waals surface area contributed by atoms with Crippen molar-refractivity contribution < 1.29 is 9.90 Å². The number of carbonyl (C=O) groups is 1. The molecule has 0 spiro atoms. The van der Waals surface area contributed by atoms with Crippen LogP contribution in [-0.4, -0.2) is 25.3 Å². The molecule has 0 atom stereocenters. The lowest BCUT2D eigenvalue weighted by Gasteiger charge is -2.18. The Kier molecular flexibility index (Phi) is 5.24. The average Bonchev–Trinajstić information content (AvgIpc) is 3.12. The maximum atomic E-state index is 11.0. The van der Waals surface area contributed by atoms with E-state index in [1.54, 1.807) is 12.3 Å². The van der Waals surface area contributed by atoms with E-state index in [0.717, 1.165) is 24.2 Å². The van der Waals surface area contributed by atoms with Gasteiger partial charge < -0.3 is 14.8 Å². The van der Waals surface area contributed by atoms with Crippen LogP contribution in [0.5, 0.6) is 0 Å². The second-order valence-corrected chi connectivity index (χ2v) is 6.49. The van der Waals surface area contributed by atoms with Crippen LogP contribution < -0.4 is 15.4 Å². The topological polar surface area (TPSA) is 67.8 Å². The molecule has 1 heterocycles.